The SMILES string of the molecule is C[C@H]1[C@@H]2CC[C@H]3[C@@]45CCC[C@@](C)(CN(CCO)C4)[C@H]5CC[C@]3(C2)[C@H]1O. The lowest BCUT2D eigenvalue weighted by Crippen LogP contribution is -2.68. The molecule has 0 aromatic heterocycles. The lowest BCUT2D eigenvalue weighted by Gasteiger charge is -2.69. The molecule has 0 unspecified atom stereocenters. The number of β-amino-alcohol motifs (C(OH)–C–C–N with tert-alkyl or cyclic N) is 1. The summed E-state index contributed by atoms with van der Waals surface area (Å²) >= 11 is 0. The monoisotopic (exact) mass is 347 g/mol. The van der Waals surface area contributed by atoms with Crippen LogP contribution in [0.3, 0.4) is 0 Å². The van der Waals surface area contributed by atoms with Crippen LogP contribution in [0.2, 0.25) is 0 Å². The minimum Gasteiger partial charge on any atom is -0.395 e. The zero-order valence-corrected chi connectivity index (χ0v) is 16.2. The van der Waals surface area contributed by atoms with Crippen molar-refractivity contribution in [2.75, 3.05) is 26.2 Å². The molecule has 3 heteroatoms. The van der Waals surface area contributed by atoms with Crippen molar-refractivity contribution in [1.82, 2.24) is 4.90 Å². The molecule has 4 aliphatic carbocycles. The van der Waals surface area contributed by atoms with Gasteiger partial charge in [0.15, 0.2) is 0 Å². The van der Waals surface area contributed by atoms with Crippen molar-refractivity contribution in [3.63, 3.8) is 0 Å². The zero-order valence-electron chi connectivity index (χ0n) is 16.2. The van der Waals surface area contributed by atoms with Crippen molar-refractivity contribution in [2.45, 2.75) is 71.3 Å². The van der Waals surface area contributed by atoms with Crippen LogP contribution in [0.4, 0.5) is 0 Å². The minimum atomic E-state index is -0.0678. The Morgan fingerprint density at radius 2 is 1.84 bits per heavy atom. The van der Waals surface area contributed by atoms with Gasteiger partial charge in [-0.05, 0) is 79.4 Å². The molecule has 0 radical (unpaired) electrons. The fraction of sp³-hybridized carbons (Fsp3) is 1.00. The average molecular weight is 348 g/mol. The number of rotatable bonds is 2. The van der Waals surface area contributed by atoms with Crippen LogP contribution >= 0.6 is 0 Å². The fourth-order valence-corrected chi connectivity index (χ4v) is 9.34. The van der Waals surface area contributed by atoms with Crippen LogP contribution in [0.5, 0.6) is 0 Å². The topological polar surface area (TPSA) is 43.7 Å². The minimum absolute atomic E-state index is 0.0678. The summed E-state index contributed by atoms with van der Waals surface area (Å²) < 4.78 is 0. The molecule has 4 bridgehead atoms. The third-order valence-electron chi connectivity index (χ3n) is 10.0. The zero-order chi connectivity index (χ0) is 17.4. The van der Waals surface area contributed by atoms with E-state index in [4.69, 9.17) is 0 Å². The molecule has 142 valence electrons. The van der Waals surface area contributed by atoms with Gasteiger partial charge in [-0.3, -0.25) is 4.90 Å². The summed E-state index contributed by atoms with van der Waals surface area (Å²) in [5.74, 6) is 2.84. The summed E-state index contributed by atoms with van der Waals surface area (Å²) in [6, 6.07) is 0. The van der Waals surface area contributed by atoms with E-state index in [9.17, 15) is 10.2 Å². The number of likely N-dealkylation sites (tertiary alicyclic amines) is 1. The predicted octanol–water partition coefficient (Wildman–Crippen LogP) is 3.29. The maximum Gasteiger partial charge on any atom is 0.0627 e. The van der Waals surface area contributed by atoms with E-state index >= 15 is 0 Å². The van der Waals surface area contributed by atoms with Crippen LogP contribution in [0, 0.1) is 39.9 Å². The van der Waals surface area contributed by atoms with Gasteiger partial charge in [0, 0.05) is 25.0 Å². The molecule has 3 nitrogen and oxygen atoms in total. The van der Waals surface area contributed by atoms with Gasteiger partial charge in [0.25, 0.3) is 0 Å². The number of aliphatic hydroxyl groups excluding tert-OH is 2. The molecular formula is C22H37NO2. The highest BCUT2D eigenvalue weighted by Gasteiger charge is 2.69. The Balaban J connectivity index is 1.58. The van der Waals surface area contributed by atoms with Gasteiger partial charge in [-0.1, -0.05) is 20.3 Å². The average Bonchev–Trinajstić information content (AvgIpc) is 2.74. The molecule has 1 aliphatic heterocycles. The number of fused-ring (bicyclic) bond motifs is 1. The normalized spacial score (nSPS) is 57.8. The van der Waals surface area contributed by atoms with Crippen molar-refractivity contribution in [3.8, 4) is 0 Å². The Kier molecular flexibility index (Phi) is 3.71. The van der Waals surface area contributed by atoms with E-state index in [-0.39, 0.29) is 18.1 Å². The molecule has 4 saturated carbocycles. The van der Waals surface area contributed by atoms with Gasteiger partial charge < -0.3 is 10.2 Å². The van der Waals surface area contributed by atoms with Gasteiger partial charge in [0.1, 0.15) is 0 Å². The summed E-state index contributed by atoms with van der Waals surface area (Å²) in [4.78, 5) is 2.59. The maximum atomic E-state index is 11.3. The van der Waals surface area contributed by atoms with Gasteiger partial charge in [-0.25, -0.2) is 0 Å². The number of piperidine rings is 1. The van der Waals surface area contributed by atoms with Gasteiger partial charge in [0.05, 0.1) is 12.7 Å². The molecule has 5 rings (SSSR count). The highest BCUT2D eigenvalue weighted by Crippen LogP contribution is 2.73. The second-order valence-electron chi connectivity index (χ2n) is 10.9. The lowest BCUT2D eigenvalue weighted by molar-refractivity contribution is -0.219. The summed E-state index contributed by atoms with van der Waals surface area (Å²) in [6.45, 7) is 8.36. The van der Waals surface area contributed by atoms with Crippen molar-refractivity contribution in [1.29, 1.82) is 0 Å². The highest BCUT2D eigenvalue weighted by atomic mass is 16.3. The van der Waals surface area contributed by atoms with Crippen molar-refractivity contribution in [3.05, 3.63) is 0 Å². The van der Waals surface area contributed by atoms with E-state index in [1.165, 1.54) is 64.5 Å². The van der Waals surface area contributed by atoms with E-state index in [0.29, 0.717) is 16.7 Å². The van der Waals surface area contributed by atoms with Crippen molar-refractivity contribution in [2.24, 2.45) is 39.9 Å². The van der Waals surface area contributed by atoms with E-state index < -0.39 is 0 Å². The fourth-order valence-electron chi connectivity index (χ4n) is 9.34. The molecule has 5 aliphatic rings. The first-order valence-corrected chi connectivity index (χ1v) is 11.0. The largest absolute Gasteiger partial charge is 0.395 e. The molecule has 2 N–H and O–H groups in total. The highest BCUT2D eigenvalue weighted by molar-refractivity contribution is 5.19. The molecule has 0 amide bonds. The molecule has 1 spiro atoms. The molecule has 25 heavy (non-hydrogen) atoms. The quantitative estimate of drug-likeness (QED) is 0.805. The van der Waals surface area contributed by atoms with Gasteiger partial charge in [-0.15, -0.1) is 0 Å². The lowest BCUT2D eigenvalue weighted by atomic mass is 9.38. The smallest absolute Gasteiger partial charge is 0.0627 e. The summed E-state index contributed by atoms with van der Waals surface area (Å²) in [5.41, 5.74) is 1.06. The van der Waals surface area contributed by atoms with Crippen LogP contribution in [0.15, 0.2) is 0 Å². The second kappa shape index (κ2) is 5.45. The molecule has 1 heterocycles. The van der Waals surface area contributed by atoms with Gasteiger partial charge in [0.2, 0.25) is 0 Å². The van der Waals surface area contributed by atoms with E-state index in [2.05, 4.69) is 18.7 Å². The van der Waals surface area contributed by atoms with E-state index in [1.807, 2.05) is 0 Å². The molecule has 8 atom stereocenters. The Morgan fingerprint density at radius 3 is 2.64 bits per heavy atom. The Labute approximate surface area is 153 Å². The molecular weight excluding hydrogens is 310 g/mol. The van der Waals surface area contributed by atoms with Crippen LogP contribution in [-0.2, 0) is 0 Å². The number of hydrogen-bond donors (Lipinski definition) is 2. The molecule has 1 saturated heterocycles. The second-order valence-corrected chi connectivity index (χ2v) is 10.9. The summed E-state index contributed by atoms with van der Waals surface area (Å²) in [6.07, 6.45) is 10.7. The summed E-state index contributed by atoms with van der Waals surface area (Å²) in [5, 5.41) is 20.9. The van der Waals surface area contributed by atoms with E-state index in [0.717, 1.165) is 24.3 Å². The van der Waals surface area contributed by atoms with Crippen molar-refractivity contribution >= 4 is 0 Å². The molecule has 5 fully saturated rings. The van der Waals surface area contributed by atoms with Crippen LogP contribution in [0.25, 0.3) is 0 Å². The van der Waals surface area contributed by atoms with Crippen LogP contribution < -0.4 is 0 Å². The maximum absolute atomic E-state index is 11.3. The van der Waals surface area contributed by atoms with Crippen LogP contribution in [-0.4, -0.2) is 47.5 Å². The Hall–Kier alpha value is -0.120. The van der Waals surface area contributed by atoms with Gasteiger partial charge in [-0.2, -0.15) is 0 Å². The standard InChI is InChI=1S/C22H37NO2/c1-15-16-4-5-18-21(12-16,19(15)25)9-6-17-20(2)7-3-8-22(17,18)14-23(13-20)10-11-24/h15-19,24-25H,3-14H2,1-2H3/t15-,16+,17+,18+,19-,20-,21+,22-/m0/s1. The first kappa shape index (κ1) is 17.0. The Bertz CT molecular complexity index is 552. The first-order chi connectivity index (χ1) is 12.0. The first-order valence-electron chi connectivity index (χ1n) is 11.0. The Morgan fingerprint density at radius 1 is 1.00 bits per heavy atom. The number of aliphatic hydroxyl groups is 2. The molecule has 0 aromatic carbocycles. The number of nitrogens with zero attached hydrogens (tertiary/aromatic N) is 1. The van der Waals surface area contributed by atoms with E-state index in [1.54, 1.807) is 0 Å². The number of hydrogen-bond acceptors (Lipinski definition) is 3. The third kappa shape index (κ3) is 2.04. The molecule has 0 aromatic rings. The van der Waals surface area contributed by atoms with Crippen molar-refractivity contribution < 1.29 is 10.2 Å². The van der Waals surface area contributed by atoms with Gasteiger partial charge >= 0.3 is 0 Å². The predicted molar refractivity (Wildman–Crippen MR) is 99.1 cm³/mol. The third-order valence-corrected chi connectivity index (χ3v) is 10.0. The summed E-state index contributed by atoms with van der Waals surface area (Å²) in [7, 11) is 0. The van der Waals surface area contributed by atoms with Crippen LogP contribution in [0.1, 0.15) is 65.2 Å².